The van der Waals surface area contributed by atoms with Gasteiger partial charge in [-0.15, -0.1) is 0 Å². The number of ether oxygens (including phenoxy) is 1. The van der Waals surface area contributed by atoms with Crippen LogP contribution in [0.1, 0.15) is 47.2 Å². The van der Waals surface area contributed by atoms with Crippen LogP contribution in [0.3, 0.4) is 0 Å². The number of benzene rings is 2. The predicted octanol–water partition coefficient (Wildman–Crippen LogP) is 4.90. The van der Waals surface area contributed by atoms with Gasteiger partial charge in [0, 0.05) is 12.0 Å². The summed E-state index contributed by atoms with van der Waals surface area (Å²) in [6.45, 7) is 3.91. The van der Waals surface area contributed by atoms with Crippen LogP contribution in [0.15, 0.2) is 41.2 Å². The van der Waals surface area contributed by atoms with E-state index in [1.165, 1.54) is 12.1 Å². The maximum Gasteiger partial charge on any atom is 0.284 e. The van der Waals surface area contributed by atoms with Crippen LogP contribution >= 0.6 is 23.2 Å². The highest BCUT2D eigenvalue weighted by Crippen LogP contribution is 2.35. The first-order chi connectivity index (χ1) is 15.3. The van der Waals surface area contributed by atoms with E-state index >= 15 is 0 Å². The SMILES string of the molecule is COc1cccc(Cc2nc3n(-c4c(Cl)cc(C=O)cc4Cl)[nH]c(C(C)C)c-3c(=O)n2)c1. The number of hydrogen-bond donors (Lipinski definition) is 1. The Bertz CT molecular complexity index is 1320. The summed E-state index contributed by atoms with van der Waals surface area (Å²) in [5, 5.41) is 3.72. The van der Waals surface area contributed by atoms with E-state index < -0.39 is 0 Å². The molecule has 0 saturated heterocycles. The summed E-state index contributed by atoms with van der Waals surface area (Å²) < 4.78 is 6.86. The fourth-order valence-corrected chi connectivity index (χ4v) is 4.26. The van der Waals surface area contributed by atoms with Gasteiger partial charge in [0.2, 0.25) is 0 Å². The lowest BCUT2D eigenvalue weighted by molar-refractivity contribution is 0.112. The van der Waals surface area contributed by atoms with E-state index in [4.69, 9.17) is 27.9 Å². The zero-order valence-corrected chi connectivity index (χ0v) is 19.2. The van der Waals surface area contributed by atoms with Crippen LogP contribution in [0, 0.1) is 0 Å². The molecule has 32 heavy (non-hydrogen) atoms. The normalized spacial score (nSPS) is 11.3. The second-order valence-corrected chi connectivity index (χ2v) is 8.45. The van der Waals surface area contributed by atoms with E-state index in [2.05, 4.69) is 15.1 Å². The lowest BCUT2D eigenvalue weighted by Gasteiger charge is -2.12. The number of halogens is 2. The zero-order valence-electron chi connectivity index (χ0n) is 17.6. The molecule has 4 rings (SSSR count). The third-order valence-corrected chi connectivity index (χ3v) is 5.67. The van der Waals surface area contributed by atoms with E-state index in [1.54, 1.807) is 11.8 Å². The number of nitrogens with zero attached hydrogens (tertiary/aromatic N) is 3. The van der Waals surface area contributed by atoms with Crippen molar-refractivity contribution in [3.63, 3.8) is 0 Å². The lowest BCUT2D eigenvalue weighted by atomic mass is 10.1. The molecule has 0 bridgehead atoms. The number of aldehydes is 1. The topological polar surface area (TPSA) is 89.9 Å². The molecule has 0 radical (unpaired) electrons. The van der Waals surface area contributed by atoms with Gasteiger partial charge in [-0.3, -0.25) is 14.7 Å². The molecule has 9 heteroatoms. The molecule has 0 aliphatic carbocycles. The zero-order chi connectivity index (χ0) is 23.0. The number of H-pyrrole nitrogens is 1. The molecule has 2 aliphatic rings. The number of aromatic nitrogens is 4. The molecule has 0 spiro atoms. The molecule has 0 unspecified atom stereocenters. The van der Waals surface area contributed by atoms with Crippen molar-refractivity contribution in [2.24, 2.45) is 0 Å². The van der Waals surface area contributed by atoms with Crippen LogP contribution in [0.4, 0.5) is 0 Å². The fourth-order valence-electron chi connectivity index (χ4n) is 3.59. The maximum absolute atomic E-state index is 13.0. The monoisotopic (exact) mass is 470 g/mol. The Morgan fingerprint density at radius 3 is 2.50 bits per heavy atom. The average Bonchev–Trinajstić information content (AvgIpc) is 3.13. The van der Waals surface area contributed by atoms with E-state index in [9.17, 15) is 9.59 Å². The smallest absolute Gasteiger partial charge is 0.284 e. The van der Waals surface area contributed by atoms with E-state index in [0.29, 0.717) is 52.6 Å². The van der Waals surface area contributed by atoms with Gasteiger partial charge < -0.3 is 4.74 Å². The van der Waals surface area contributed by atoms with Crippen molar-refractivity contribution >= 4 is 29.5 Å². The Morgan fingerprint density at radius 1 is 1.16 bits per heavy atom. The van der Waals surface area contributed by atoms with E-state index in [-0.39, 0.29) is 21.5 Å². The van der Waals surface area contributed by atoms with Gasteiger partial charge in [-0.1, -0.05) is 49.2 Å². The molecule has 2 aromatic rings. The van der Waals surface area contributed by atoms with Crippen molar-refractivity contribution in [3.8, 4) is 22.8 Å². The number of fused-ring (bicyclic) bond motifs is 1. The van der Waals surface area contributed by atoms with Gasteiger partial charge in [0.1, 0.15) is 29.1 Å². The molecule has 0 amide bonds. The third-order valence-electron chi connectivity index (χ3n) is 5.09. The summed E-state index contributed by atoms with van der Waals surface area (Å²) in [5.41, 5.74) is 2.32. The van der Waals surface area contributed by atoms with Crippen molar-refractivity contribution in [1.82, 2.24) is 19.7 Å². The molecular weight excluding hydrogens is 451 g/mol. The number of aromatic amines is 1. The number of nitrogens with one attached hydrogen (secondary N) is 1. The standard InChI is InChI=1S/C23H20Cl2N4O3/c1-12(2)20-19-22(29(28-20)21-16(24)8-14(11-30)9-17(21)25)26-18(27-23(19)31)10-13-5-4-6-15(7-13)32-3/h4-9,11-12,28H,10H2,1-3H3. The molecule has 2 aromatic carbocycles. The summed E-state index contributed by atoms with van der Waals surface area (Å²) in [7, 11) is 1.59. The van der Waals surface area contributed by atoms with Gasteiger partial charge in [-0.2, -0.15) is 4.98 Å². The molecule has 164 valence electrons. The van der Waals surface area contributed by atoms with Crippen molar-refractivity contribution < 1.29 is 9.53 Å². The summed E-state index contributed by atoms with van der Waals surface area (Å²) >= 11 is 12.9. The summed E-state index contributed by atoms with van der Waals surface area (Å²) in [5.74, 6) is 1.43. The minimum atomic E-state index is -0.386. The van der Waals surface area contributed by atoms with Crippen LogP contribution in [-0.4, -0.2) is 33.1 Å². The first-order valence-electron chi connectivity index (χ1n) is 9.91. The molecule has 1 N–H and O–H groups in total. The highest BCUT2D eigenvalue weighted by molar-refractivity contribution is 6.38. The molecule has 0 fully saturated rings. The number of methoxy groups -OCH3 is 1. The molecular formula is C23H20Cl2N4O3. The molecule has 0 atom stereocenters. The van der Waals surface area contributed by atoms with E-state index in [0.717, 1.165) is 5.56 Å². The van der Waals surface area contributed by atoms with Crippen LogP contribution in [0.2, 0.25) is 10.0 Å². The fraction of sp³-hybridized carbons (Fsp3) is 0.217. The van der Waals surface area contributed by atoms with Crippen molar-refractivity contribution in [2.45, 2.75) is 26.2 Å². The van der Waals surface area contributed by atoms with Crippen molar-refractivity contribution in [3.05, 3.63) is 79.4 Å². The Kier molecular flexibility index (Phi) is 6.04. The predicted molar refractivity (Wildman–Crippen MR) is 124 cm³/mol. The van der Waals surface area contributed by atoms with Crippen LogP contribution in [0.5, 0.6) is 5.75 Å². The molecule has 7 nitrogen and oxygen atoms in total. The largest absolute Gasteiger partial charge is 0.497 e. The molecule has 2 aliphatic heterocycles. The minimum absolute atomic E-state index is 0.00826. The highest BCUT2D eigenvalue weighted by atomic mass is 35.5. The minimum Gasteiger partial charge on any atom is -0.497 e. The van der Waals surface area contributed by atoms with Crippen LogP contribution in [0.25, 0.3) is 17.1 Å². The summed E-state index contributed by atoms with van der Waals surface area (Å²) in [6.07, 6.45) is 1.01. The van der Waals surface area contributed by atoms with Gasteiger partial charge in [0.15, 0.2) is 5.82 Å². The molecule has 2 heterocycles. The maximum atomic E-state index is 13.0. The Balaban J connectivity index is 1.92. The van der Waals surface area contributed by atoms with Gasteiger partial charge >= 0.3 is 0 Å². The Hall–Kier alpha value is -3.16. The Morgan fingerprint density at radius 2 is 1.88 bits per heavy atom. The first-order valence-corrected chi connectivity index (χ1v) is 10.7. The van der Waals surface area contributed by atoms with Crippen molar-refractivity contribution in [2.75, 3.05) is 7.11 Å². The highest BCUT2D eigenvalue weighted by Gasteiger charge is 2.27. The lowest BCUT2D eigenvalue weighted by Crippen LogP contribution is -2.18. The summed E-state index contributed by atoms with van der Waals surface area (Å²) in [4.78, 5) is 33.1. The van der Waals surface area contributed by atoms with E-state index in [1.807, 2.05) is 38.1 Å². The number of hydrogen-bond acceptors (Lipinski definition) is 5. The van der Waals surface area contributed by atoms with Gasteiger partial charge in [0.25, 0.3) is 5.56 Å². The second-order valence-electron chi connectivity index (χ2n) is 7.64. The first kappa shape index (κ1) is 22.0. The number of carbonyl (C=O) groups is 1. The average molecular weight is 471 g/mol. The second kappa shape index (κ2) is 8.76. The van der Waals surface area contributed by atoms with Crippen molar-refractivity contribution in [1.29, 1.82) is 0 Å². The number of rotatable bonds is 6. The third kappa shape index (κ3) is 4.01. The molecule has 0 saturated carbocycles. The quantitative estimate of drug-likeness (QED) is 0.404. The van der Waals surface area contributed by atoms with Gasteiger partial charge in [-0.05, 0) is 35.7 Å². The van der Waals surface area contributed by atoms with Gasteiger partial charge in [0.05, 0.1) is 22.8 Å². The molecule has 0 aromatic heterocycles. The summed E-state index contributed by atoms with van der Waals surface area (Å²) in [6, 6.07) is 10.5. The van der Waals surface area contributed by atoms with Crippen LogP contribution in [-0.2, 0) is 6.42 Å². The van der Waals surface area contributed by atoms with Crippen LogP contribution < -0.4 is 10.3 Å². The number of carbonyl (C=O) groups excluding carboxylic acids is 1. The Labute approximate surface area is 194 Å². The van der Waals surface area contributed by atoms with Gasteiger partial charge in [-0.25, -0.2) is 9.67 Å².